The molecule has 1 unspecified atom stereocenters. The molecule has 17 heavy (non-hydrogen) atoms. The van der Waals surface area contributed by atoms with E-state index in [2.05, 4.69) is 6.58 Å². The zero-order valence-electron chi connectivity index (χ0n) is 9.34. The molecule has 0 heterocycles. The number of nitrogens with one attached hydrogen (secondary N) is 1. The Hall–Kier alpha value is -2.07. The molecule has 0 aromatic heterocycles. The van der Waals surface area contributed by atoms with Crippen molar-refractivity contribution in [1.29, 1.82) is 5.41 Å². The molecular formula is C13H15NO3. The topological polar surface area (TPSA) is 73.5 Å². The van der Waals surface area contributed by atoms with Gasteiger partial charge in [0.05, 0.1) is 0 Å². The molecule has 1 rings (SSSR count). The maximum atomic E-state index is 9.30. The standard InChI is InChI=1S/C13H15NO3/c1-2-11(15)12(16)8-13(14)17-9-10-6-4-3-5-7-10/h2-8,11,14-16H,1,9H2/b12-8-,14-13?. The summed E-state index contributed by atoms with van der Waals surface area (Å²) in [6.45, 7) is 3.56. The third kappa shape index (κ3) is 4.53. The van der Waals surface area contributed by atoms with Gasteiger partial charge in [-0.25, -0.2) is 0 Å². The van der Waals surface area contributed by atoms with Gasteiger partial charge in [-0.1, -0.05) is 36.4 Å². The van der Waals surface area contributed by atoms with Crippen LogP contribution in [0.5, 0.6) is 0 Å². The lowest BCUT2D eigenvalue weighted by Crippen LogP contribution is -2.09. The molecule has 0 saturated heterocycles. The molecule has 0 aliphatic carbocycles. The molecule has 90 valence electrons. The summed E-state index contributed by atoms with van der Waals surface area (Å²) in [6.07, 6.45) is 1.04. The van der Waals surface area contributed by atoms with Crippen molar-refractivity contribution in [3.63, 3.8) is 0 Å². The monoisotopic (exact) mass is 233 g/mol. The van der Waals surface area contributed by atoms with E-state index in [1.807, 2.05) is 30.3 Å². The molecule has 1 atom stereocenters. The van der Waals surface area contributed by atoms with Crippen molar-refractivity contribution in [2.45, 2.75) is 12.7 Å². The molecule has 4 heteroatoms. The van der Waals surface area contributed by atoms with Crippen LogP contribution in [0.3, 0.4) is 0 Å². The Morgan fingerprint density at radius 2 is 2.06 bits per heavy atom. The molecule has 0 fully saturated rings. The summed E-state index contributed by atoms with van der Waals surface area (Å²) in [5.74, 6) is -0.578. The fourth-order valence-electron chi connectivity index (χ4n) is 1.12. The molecule has 0 saturated carbocycles. The summed E-state index contributed by atoms with van der Waals surface area (Å²) in [4.78, 5) is 0. The molecule has 1 aromatic carbocycles. The first-order valence-corrected chi connectivity index (χ1v) is 5.10. The van der Waals surface area contributed by atoms with Gasteiger partial charge in [0.15, 0.2) is 0 Å². The Morgan fingerprint density at radius 3 is 2.65 bits per heavy atom. The van der Waals surface area contributed by atoms with Gasteiger partial charge in [-0.2, -0.15) is 0 Å². The van der Waals surface area contributed by atoms with E-state index in [-0.39, 0.29) is 18.3 Å². The van der Waals surface area contributed by atoms with Crippen LogP contribution < -0.4 is 0 Å². The zero-order chi connectivity index (χ0) is 12.7. The predicted molar refractivity (Wildman–Crippen MR) is 65.9 cm³/mol. The Labute approximate surface area is 100.0 Å². The number of aliphatic hydroxyl groups is 2. The minimum atomic E-state index is -1.17. The van der Waals surface area contributed by atoms with Gasteiger partial charge >= 0.3 is 0 Å². The summed E-state index contributed by atoms with van der Waals surface area (Å²) in [6, 6.07) is 9.38. The lowest BCUT2D eigenvalue weighted by molar-refractivity contribution is 0.192. The van der Waals surface area contributed by atoms with Crippen molar-refractivity contribution in [2.75, 3.05) is 0 Å². The number of rotatable bonds is 5. The lowest BCUT2D eigenvalue weighted by atomic mass is 10.2. The molecule has 0 amide bonds. The molecular weight excluding hydrogens is 218 g/mol. The summed E-state index contributed by atoms with van der Waals surface area (Å²) in [5.41, 5.74) is 0.925. The van der Waals surface area contributed by atoms with Gasteiger partial charge in [-0.15, -0.1) is 6.58 Å². The van der Waals surface area contributed by atoms with Crippen LogP contribution in [0.15, 0.2) is 54.8 Å². The summed E-state index contributed by atoms with van der Waals surface area (Å²) in [7, 11) is 0. The van der Waals surface area contributed by atoms with Crippen LogP contribution in [-0.2, 0) is 11.3 Å². The van der Waals surface area contributed by atoms with Crippen molar-refractivity contribution in [1.82, 2.24) is 0 Å². The Kier molecular flexibility index (Phi) is 4.97. The van der Waals surface area contributed by atoms with Crippen LogP contribution in [0.2, 0.25) is 0 Å². The molecule has 0 spiro atoms. The highest BCUT2D eigenvalue weighted by atomic mass is 16.5. The van der Waals surface area contributed by atoms with Crippen molar-refractivity contribution in [2.24, 2.45) is 0 Å². The maximum Gasteiger partial charge on any atom is 0.209 e. The van der Waals surface area contributed by atoms with Crippen LogP contribution in [-0.4, -0.2) is 22.2 Å². The third-order valence-electron chi connectivity index (χ3n) is 2.04. The van der Waals surface area contributed by atoms with Crippen LogP contribution >= 0.6 is 0 Å². The van der Waals surface area contributed by atoms with E-state index in [0.717, 1.165) is 17.7 Å². The van der Waals surface area contributed by atoms with Crippen molar-refractivity contribution in [3.05, 3.63) is 60.4 Å². The van der Waals surface area contributed by atoms with Crippen molar-refractivity contribution >= 4 is 5.90 Å². The van der Waals surface area contributed by atoms with Gasteiger partial charge in [0, 0.05) is 6.08 Å². The van der Waals surface area contributed by atoms with E-state index < -0.39 is 6.10 Å². The molecule has 0 bridgehead atoms. The van der Waals surface area contributed by atoms with Gasteiger partial charge < -0.3 is 14.9 Å². The number of aliphatic hydroxyl groups excluding tert-OH is 2. The SMILES string of the molecule is C=CC(O)/C(O)=C/C(=N)OCc1ccccc1. The van der Waals surface area contributed by atoms with E-state index in [0.29, 0.717) is 0 Å². The number of benzene rings is 1. The van der Waals surface area contributed by atoms with Crippen molar-refractivity contribution < 1.29 is 14.9 Å². The molecule has 0 aliphatic rings. The molecule has 1 aromatic rings. The normalized spacial score (nSPS) is 12.9. The van der Waals surface area contributed by atoms with E-state index in [1.54, 1.807) is 0 Å². The van der Waals surface area contributed by atoms with Crippen LogP contribution in [0.4, 0.5) is 0 Å². The minimum Gasteiger partial charge on any atom is -0.509 e. The van der Waals surface area contributed by atoms with E-state index in [1.165, 1.54) is 0 Å². The van der Waals surface area contributed by atoms with Gasteiger partial charge in [-0.3, -0.25) is 5.41 Å². The van der Waals surface area contributed by atoms with Gasteiger partial charge in [-0.05, 0) is 5.56 Å². The Morgan fingerprint density at radius 1 is 1.41 bits per heavy atom. The van der Waals surface area contributed by atoms with Crippen molar-refractivity contribution in [3.8, 4) is 0 Å². The predicted octanol–water partition coefficient (Wildman–Crippen LogP) is 2.17. The molecule has 4 nitrogen and oxygen atoms in total. The van der Waals surface area contributed by atoms with E-state index in [4.69, 9.17) is 10.1 Å². The Balaban J connectivity index is 2.48. The highest BCUT2D eigenvalue weighted by Gasteiger charge is 2.05. The Bertz CT molecular complexity index is 412. The van der Waals surface area contributed by atoms with Crippen LogP contribution in [0, 0.1) is 5.41 Å². The quantitative estimate of drug-likeness (QED) is 0.316. The number of ether oxygens (including phenoxy) is 1. The summed E-state index contributed by atoms with van der Waals surface area (Å²) in [5, 5.41) is 25.9. The second kappa shape index (κ2) is 6.50. The molecule has 3 N–H and O–H groups in total. The first-order valence-electron chi connectivity index (χ1n) is 5.10. The third-order valence-corrected chi connectivity index (χ3v) is 2.04. The zero-order valence-corrected chi connectivity index (χ0v) is 9.34. The minimum absolute atomic E-state index is 0.216. The van der Waals surface area contributed by atoms with E-state index >= 15 is 0 Å². The molecule has 0 radical (unpaired) electrons. The second-order valence-electron chi connectivity index (χ2n) is 3.39. The highest BCUT2D eigenvalue weighted by Crippen LogP contribution is 2.03. The van der Waals surface area contributed by atoms with Crippen LogP contribution in [0.25, 0.3) is 0 Å². The maximum absolute atomic E-state index is 9.30. The average Bonchev–Trinajstić information content (AvgIpc) is 2.36. The number of hydrogen-bond donors (Lipinski definition) is 3. The van der Waals surface area contributed by atoms with Crippen LogP contribution in [0.1, 0.15) is 5.56 Å². The first kappa shape index (κ1) is 13.0. The first-order chi connectivity index (χ1) is 8.13. The largest absolute Gasteiger partial charge is 0.509 e. The van der Waals surface area contributed by atoms with Gasteiger partial charge in [0.1, 0.15) is 18.5 Å². The highest BCUT2D eigenvalue weighted by molar-refractivity contribution is 5.85. The fourth-order valence-corrected chi connectivity index (χ4v) is 1.12. The fraction of sp³-hybridized carbons (Fsp3) is 0.154. The summed E-state index contributed by atoms with van der Waals surface area (Å²) < 4.78 is 5.09. The second-order valence-corrected chi connectivity index (χ2v) is 3.39. The summed E-state index contributed by atoms with van der Waals surface area (Å²) >= 11 is 0. The smallest absolute Gasteiger partial charge is 0.209 e. The van der Waals surface area contributed by atoms with Gasteiger partial charge in [0.2, 0.25) is 5.90 Å². The lowest BCUT2D eigenvalue weighted by Gasteiger charge is -2.06. The average molecular weight is 233 g/mol. The van der Waals surface area contributed by atoms with E-state index in [9.17, 15) is 10.2 Å². The van der Waals surface area contributed by atoms with Gasteiger partial charge in [0.25, 0.3) is 0 Å². The number of hydrogen-bond acceptors (Lipinski definition) is 4. The molecule has 0 aliphatic heterocycles.